The molecule has 4 aliphatic carbocycles. The van der Waals surface area contributed by atoms with E-state index in [0.717, 1.165) is 25.7 Å². The summed E-state index contributed by atoms with van der Waals surface area (Å²) in [6, 6.07) is 89.6. The highest BCUT2D eigenvalue weighted by molar-refractivity contribution is 6.04. The molecule has 2 spiro atoms. The van der Waals surface area contributed by atoms with Gasteiger partial charge in [0.15, 0.2) is 0 Å². The van der Waals surface area contributed by atoms with Crippen LogP contribution < -0.4 is 4.90 Å². The molecule has 1 fully saturated rings. The van der Waals surface area contributed by atoms with Crippen molar-refractivity contribution in [3.8, 4) is 33.4 Å². The van der Waals surface area contributed by atoms with Crippen molar-refractivity contribution in [3.63, 3.8) is 0 Å². The van der Waals surface area contributed by atoms with Crippen LogP contribution in [0, 0.1) is 0 Å². The second kappa shape index (κ2) is 14.1. The Labute approximate surface area is 387 Å². The van der Waals surface area contributed by atoms with Crippen LogP contribution in [0.2, 0.25) is 0 Å². The molecule has 312 valence electrons. The number of hydrogen-bond donors (Lipinski definition) is 0. The molecule has 0 bridgehead atoms. The molecule has 0 saturated heterocycles. The Balaban J connectivity index is 1.00. The van der Waals surface area contributed by atoms with Crippen LogP contribution in [0.3, 0.4) is 0 Å². The maximum atomic E-state index is 2.61. The van der Waals surface area contributed by atoms with Crippen LogP contribution in [0.5, 0.6) is 0 Å². The summed E-state index contributed by atoms with van der Waals surface area (Å²) >= 11 is 0. The molecule has 0 atom stereocenters. The molecule has 0 aromatic heterocycles. The van der Waals surface area contributed by atoms with Crippen LogP contribution in [0.4, 0.5) is 17.1 Å². The monoisotopic (exact) mass is 841 g/mol. The maximum Gasteiger partial charge on any atom is 0.0714 e. The Bertz CT molecular complexity index is 3460. The lowest BCUT2D eigenvalue weighted by Crippen LogP contribution is -2.39. The lowest BCUT2D eigenvalue weighted by atomic mass is 9.57. The molecular weight excluding hydrogens is 795 g/mol. The van der Waals surface area contributed by atoms with Crippen molar-refractivity contribution in [2.24, 2.45) is 0 Å². The van der Waals surface area contributed by atoms with Crippen LogP contribution in [-0.4, -0.2) is 0 Å². The summed E-state index contributed by atoms with van der Waals surface area (Å²) in [6.45, 7) is 0. The van der Waals surface area contributed by atoms with Crippen molar-refractivity contribution in [1.82, 2.24) is 0 Å². The van der Waals surface area contributed by atoms with Crippen molar-refractivity contribution < 1.29 is 0 Å². The molecule has 1 saturated carbocycles. The number of anilines is 3. The Morgan fingerprint density at radius 2 is 0.742 bits per heavy atom. The first-order valence-corrected chi connectivity index (χ1v) is 23.8. The molecular formula is C65H47N. The lowest BCUT2D eigenvalue weighted by Gasteiger charge is -2.45. The molecule has 10 aromatic carbocycles. The van der Waals surface area contributed by atoms with Gasteiger partial charge in [0.05, 0.1) is 16.8 Å². The van der Waals surface area contributed by atoms with Crippen molar-refractivity contribution in [3.05, 3.63) is 281 Å². The van der Waals surface area contributed by atoms with Gasteiger partial charge in [-0.1, -0.05) is 212 Å². The third kappa shape index (κ3) is 4.95. The summed E-state index contributed by atoms with van der Waals surface area (Å²) in [6.07, 6.45) is 4.39. The predicted molar refractivity (Wildman–Crippen MR) is 273 cm³/mol. The first kappa shape index (κ1) is 37.6. The zero-order chi connectivity index (χ0) is 43.5. The largest absolute Gasteiger partial charge is 0.309 e. The molecule has 1 heteroatoms. The number of nitrogens with zero attached hydrogens (tertiary/aromatic N) is 1. The molecule has 0 heterocycles. The van der Waals surface area contributed by atoms with Gasteiger partial charge in [-0.15, -0.1) is 0 Å². The minimum atomic E-state index is -0.506. The fraction of sp³-hybridized carbons (Fsp3) is 0.108. The maximum absolute atomic E-state index is 2.61. The summed E-state index contributed by atoms with van der Waals surface area (Å²) in [5.74, 6) is 0. The van der Waals surface area contributed by atoms with E-state index < -0.39 is 5.41 Å². The number of benzene rings is 10. The molecule has 14 rings (SSSR count). The second-order valence-corrected chi connectivity index (χ2v) is 19.1. The number of fused-ring (bicyclic) bond motifs is 14. The van der Waals surface area contributed by atoms with Gasteiger partial charge in [-0.05, 0) is 128 Å². The Kier molecular flexibility index (Phi) is 8.05. The summed E-state index contributed by atoms with van der Waals surface area (Å²) in [4.78, 5) is 2.61. The second-order valence-electron chi connectivity index (χ2n) is 19.1. The van der Waals surface area contributed by atoms with Crippen LogP contribution in [-0.2, 0) is 16.2 Å². The van der Waals surface area contributed by atoms with Crippen LogP contribution >= 0.6 is 0 Å². The summed E-state index contributed by atoms with van der Waals surface area (Å²) < 4.78 is 0. The van der Waals surface area contributed by atoms with Crippen LogP contribution in [0.15, 0.2) is 237 Å². The van der Waals surface area contributed by atoms with E-state index in [0.29, 0.717) is 0 Å². The van der Waals surface area contributed by atoms with Crippen LogP contribution in [0.25, 0.3) is 44.2 Å². The van der Waals surface area contributed by atoms with Gasteiger partial charge in [0.1, 0.15) is 0 Å². The molecule has 10 aromatic rings. The highest BCUT2D eigenvalue weighted by Gasteiger charge is 2.53. The minimum Gasteiger partial charge on any atom is -0.309 e. The van der Waals surface area contributed by atoms with Gasteiger partial charge in [-0.3, -0.25) is 0 Å². The fourth-order valence-electron chi connectivity index (χ4n) is 13.7. The SMILES string of the molecule is c1ccc(C2(c3ccccc3)c3ccccc3-c3c(N(c4ccc5c(c4)C4(CCC6(CC4)c4ccccc4-c4ccccc46)c4ccccc4-5)c4cccc5ccccc45)cccc32)cc1. The van der Waals surface area contributed by atoms with Gasteiger partial charge in [0.25, 0.3) is 0 Å². The zero-order valence-electron chi connectivity index (χ0n) is 36.8. The molecule has 1 nitrogen and oxygen atoms in total. The minimum absolute atomic E-state index is 0.0186. The normalized spacial score (nSPS) is 16.0. The fourth-order valence-corrected chi connectivity index (χ4v) is 13.7. The quantitative estimate of drug-likeness (QED) is 0.167. The smallest absolute Gasteiger partial charge is 0.0714 e. The molecule has 4 aliphatic rings. The van der Waals surface area contributed by atoms with Crippen LogP contribution in [0.1, 0.15) is 70.2 Å². The molecule has 0 amide bonds. The van der Waals surface area contributed by atoms with E-state index in [9.17, 15) is 0 Å². The lowest BCUT2D eigenvalue weighted by molar-refractivity contribution is 0.265. The third-order valence-electron chi connectivity index (χ3n) is 16.4. The van der Waals surface area contributed by atoms with E-state index in [2.05, 4.69) is 241 Å². The Hall–Kier alpha value is -7.74. The third-order valence-corrected chi connectivity index (χ3v) is 16.4. The summed E-state index contributed by atoms with van der Waals surface area (Å²) in [7, 11) is 0. The van der Waals surface area contributed by atoms with Gasteiger partial charge < -0.3 is 4.90 Å². The highest BCUT2D eigenvalue weighted by atomic mass is 15.1. The molecule has 66 heavy (non-hydrogen) atoms. The van der Waals surface area contributed by atoms with Gasteiger partial charge in [-0.25, -0.2) is 0 Å². The van der Waals surface area contributed by atoms with E-state index in [1.54, 1.807) is 0 Å². The molecule has 0 N–H and O–H groups in total. The van der Waals surface area contributed by atoms with Gasteiger partial charge >= 0.3 is 0 Å². The molecule has 0 radical (unpaired) electrons. The average molecular weight is 842 g/mol. The Morgan fingerprint density at radius 3 is 1.36 bits per heavy atom. The van der Waals surface area contributed by atoms with Gasteiger partial charge in [-0.2, -0.15) is 0 Å². The van der Waals surface area contributed by atoms with Crippen molar-refractivity contribution in [2.75, 3.05) is 4.90 Å². The van der Waals surface area contributed by atoms with Crippen molar-refractivity contribution in [1.29, 1.82) is 0 Å². The predicted octanol–water partition coefficient (Wildman–Crippen LogP) is 16.5. The van der Waals surface area contributed by atoms with E-state index >= 15 is 0 Å². The number of hydrogen-bond acceptors (Lipinski definition) is 1. The Morgan fingerprint density at radius 1 is 0.303 bits per heavy atom. The van der Waals surface area contributed by atoms with Gasteiger partial charge in [0.2, 0.25) is 0 Å². The summed E-state index contributed by atoms with van der Waals surface area (Å²) in [5.41, 5.74) is 22.3. The first-order valence-electron chi connectivity index (χ1n) is 23.8. The van der Waals surface area contributed by atoms with E-state index in [1.165, 1.54) is 106 Å². The summed E-state index contributed by atoms with van der Waals surface area (Å²) in [5, 5.41) is 2.47. The average Bonchev–Trinajstić information content (AvgIpc) is 3.96. The number of rotatable bonds is 5. The molecule has 0 unspecified atom stereocenters. The highest BCUT2D eigenvalue weighted by Crippen LogP contribution is 2.65. The molecule has 0 aliphatic heterocycles. The topological polar surface area (TPSA) is 3.24 Å². The van der Waals surface area contributed by atoms with E-state index in [4.69, 9.17) is 0 Å². The van der Waals surface area contributed by atoms with Crippen molar-refractivity contribution in [2.45, 2.75) is 41.9 Å². The van der Waals surface area contributed by atoms with E-state index in [-0.39, 0.29) is 10.8 Å². The van der Waals surface area contributed by atoms with Crippen molar-refractivity contribution >= 4 is 27.8 Å². The van der Waals surface area contributed by atoms with Gasteiger partial charge in [0, 0.05) is 27.5 Å². The van der Waals surface area contributed by atoms with E-state index in [1.807, 2.05) is 0 Å². The first-order chi connectivity index (χ1) is 32.7. The standard InChI is InChI=1S/C65H47N/c1-3-21-45(22-4-1)65(46-23-5-2-6-24-46)57-33-16-12-29-53(57)62-58(65)34-18-36-61(62)66(60-35-17-20-44-19-7-8-25-48(44)60)47-37-38-52-51-28-11-15-32-56(51)64(59(52)43-47)41-39-63(40-42-64)54-30-13-9-26-49(54)50-27-10-14-31-55(50)63/h1-38,43H,39-42H2. The zero-order valence-corrected chi connectivity index (χ0v) is 36.8.